The lowest BCUT2D eigenvalue weighted by atomic mass is 9.83. The smallest absolute Gasteiger partial charge is 0.227 e. The van der Waals surface area contributed by atoms with Gasteiger partial charge in [0.05, 0.1) is 12.5 Å². The molecule has 0 aromatic carbocycles. The van der Waals surface area contributed by atoms with Crippen molar-refractivity contribution >= 4 is 30.7 Å². The number of nitrogens with zero attached hydrogens (tertiary/aromatic N) is 2. The fourth-order valence-electron chi connectivity index (χ4n) is 5.01. The Balaban J connectivity index is 0.00000156. The number of amides is 1. The Labute approximate surface area is 164 Å². The summed E-state index contributed by atoms with van der Waals surface area (Å²) in [6.45, 7) is 9.47. The first-order chi connectivity index (χ1) is 11.2. The van der Waals surface area contributed by atoms with Gasteiger partial charge in [0.1, 0.15) is 0 Å². The van der Waals surface area contributed by atoms with Crippen LogP contribution in [-0.2, 0) is 9.53 Å². The van der Waals surface area contributed by atoms with Gasteiger partial charge in [-0.15, -0.1) is 24.8 Å². The minimum atomic E-state index is 0. The Morgan fingerprint density at radius 2 is 1.88 bits per heavy atom. The molecule has 1 amide bonds. The number of carbonyl (C=O) groups is 1. The number of carbonyl (C=O) groups excluding carboxylic acids is 1. The summed E-state index contributed by atoms with van der Waals surface area (Å²) in [6.07, 6.45) is 4.71. The lowest BCUT2D eigenvalue weighted by Gasteiger charge is -2.43. The highest BCUT2D eigenvalue weighted by Crippen LogP contribution is 2.48. The zero-order valence-electron chi connectivity index (χ0n) is 15.6. The fraction of sp³-hybridized carbons (Fsp3) is 0.944. The predicted molar refractivity (Wildman–Crippen MR) is 106 cm³/mol. The number of piperazine rings is 1. The van der Waals surface area contributed by atoms with E-state index in [0.717, 1.165) is 45.8 Å². The van der Waals surface area contributed by atoms with E-state index in [1.807, 2.05) is 6.92 Å². The highest BCUT2D eigenvalue weighted by atomic mass is 35.5. The quantitative estimate of drug-likeness (QED) is 0.699. The van der Waals surface area contributed by atoms with Crippen LogP contribution in [0.4, 0.5) is 0 Å². The SMILES string of the molecule is CCOCCN1CCN(C(=O)C2C3CCC(C3)C2N)CC1CC.Cl.Cl. The Morgan fingerprint density at radius 1 is 1.16 bits per heavy atom. The monoisotopic (exact) mass is 395 g/mol. The van der Waals surface area contributed by atoms with E-state index in [1.54, 1.807) is 0 Å². The van der Waals surface area contributed by atoms with Gasteiger partial charge in [0, 0.05) is 44.9 Å². The number of nitrogens with two attached hydrogens (primary N) is 1. The van der Waals surface area contributed by atoms with Crippen LogP contribution in [0.5, 0.6) is 0 Å². The first kappa shape index (κ1) is 23.0. The molecule has 2 saturated carbocycles. The van der Waals surface area contributed by atoms with Gasteiger partial charge < -0.3 is 15.4 Å². The fourth-order valence-corrected chi connectivity index (χ4v) is 5.01. The second-order valence-corrected chi connectivity index (χ2v) is 7.52. The van der Waals surface area contributed by atoms with Crippen molar-refractivity contribution in [2.24, 2.45) is 23.5 Å². The molecule has 0 radical (unpaired) electrons. The average Bonchev–Trinajstić information content (AvgIpc) is 3.15. The van der Waals surface area contributed by atoms with E-state index in [9.17, 15) is 4.79 Å². The lowest BCUT2D eigenvalue weighted by Crippen LogP contribution is -2.58. The summed E-state index contributed by atoms with van der Waals surface area (Å²) < 4.78 is 5.49. The van der Waals surface area contributed by atoms with Crippen molar-refractivity contribution in [2.45, 2.75) is 51.6 Å². The molecule has 0 aromatic heterocycles. The molecule has 148 valence electrons. The lowest BCUT2D eigenvalue weighted by molar-refractivity contribution is -0.141. The van der Waals surface area contributed by atoms with Crippen LogP contribution in [0.3, 0.4) is 0 Å². The Kier molecular flexibility index (Phi) is 9.47. The summed E-state index contributed by atoms with van der Waals surface area (Å²) in [7, 11) is 0. The molecule has 0 spiro atoms. The maximum atomic E-state index is 13.0. The normalized spacial score (nSPS) is 34.5. The molecule has 3 aliphatic rings. The van der Waals surface area contributed by atoms with Crippen molar-refractivity contribution in [2.75, 3.05) is 39.4 Å². The molecule has 1 saturated heterocycles. The maximum Gasteiger partial charge on any atom is 0.227 e. The summed E-state index contributed by atoms with van der Waals surface area (Å²) in [5, 5.41) is 0. The van der Waals surface area contributed by atoms with Crippen molar-refractivity contribution in [1.29, 1.82) is 0 Å². The topological polar surface area (TPSA) is 58.8 Å². The molecule has 5 atom stereocenters. The Bertz CT molecular complexity index is 425. The predicted octanol–water partition coefficient (Wildman–Crippen LogP) is 2.16. The molecule has 2 bridgehead atoms. The zero-order chi connectivity index (χ0) is 16.4. The number of ether oxygens (including phenoxy) is 1. The molecular formula is C18H35Cl2N3O2. The molecule has 5 unspecified atom stereocenters. The van der Waals surface area contributed by atoms with E-state index in [4.69, 9.17) is 10.5 Å². The van der Waals surface area contributed by atoms with E-state index >= 15 is 0 Å². The number of fused-ring (bicyclic) bond motifs is 2. The molecule has 1 heterocycles. The van der Waals surface area contributed by atoms with E-state index in [0.29, 0.717) is 23.8 Å². The van der Waals surface area contributed by atoms with Gasteiger partial charge in [0.15, 0.2) is 0 Å². The van der Waals surface area contributed by atoms with Crippen molar-refractivity contribution in [3.05, 3.63) is 0 Å². The molecule has 3 fully saturated rings. The van der Waals surface area contributed by atoms with Gasteiger partial charge in [-0.1, -0.05) is 6.92 Å². The second kappa shape index (κ2) is 10.3. The highest BCUT2D eigenvalue weighted by Gasteiger charge is 2.50. The Morgan fingerprint density at radius 3 is 2.48 bits per heavy atom. The largest absolute Gasteiger partial charge is 0.380 e. The van der Waals surface area contributed by atoms with Gasteiger partial charge in [-0.2, -0.15) is 0 Å². The van der Waals surface area contributed by atoms with Crippen LogP contribution < -0.4 is 5.73 Å². The van der Waals surface area contributed by atoms with Gasteiger partial charge >= 0.3 is 0 Å². The van der Waals surface area contributed by atoms with Gasteiger partial charge in [-0.05, 0) is 44.4 Å². The second-order valence-electron chi connectivity index (χ2n) is 7.52. The maximum absolute atomic E-state index is 13.0. The summed E-state index contributed by atoms with van der Waals surface area (Å²) in [5.41, 5.74) is 6.37. The summed E-state index contributed by atoms with van der Waals surface area (Å²) in [5.74, 6) is 1.59. The van der Waals surface area contributed by atoms with Crippen molar-refractivity contribution in [3.63, 3.8) is 0 Å². The van der Waals surface area contributed by atoms with E-state index in [-0.39, 0.29) is 36.8 Å². The van der Waals surface area contributed by atoms with Crippen LogP contribution in [0.15, 0.2) is 0 Å². The van der Waals surface area contributed by atoms with E-state index in [1.165, 1.54) is 19.3 Å². The molecule has 7 heteroatoms. The third-order valence-corrected chi connectivity index (χ3v) is 6.38. The van der Waals surface area contributed by atoms with Gasteiger partial charge in [-0.25, -0.2) is 0 Å². The molecule has 25 heavy (non-hydrogen) atoms. The standard InChI is InChI=1S/C18H33N3O2.2ClH/c1-3-15-12-21(8-7-20(15)9-10-23-4-2)18(22)16-13-5-6-14(11-13)17(16)19;;/h13-17H,3-12,19H2,1-2H3;2*1H. The third-order valence-electron chi connectivity index (χ3n) is 6.38. The zero-order valence-corrected chi connectivity index (χ0v) is 17.2. The molecule has 5 nitrogen and oxygen atoms in total. The minimum Gasteiger partial charge on any atom is -0.380 e. The summed E-state index contributed by atoms with van der Waals surface area (Å²) >= 11 is 0. The van der Waals surface area contributed by atoms with Gasteiger partial charge in [0.2, 0.25) is 5.91 Å². The van der Waals surface area contributed by atoms with Crippen LogP contribution in [0.25, 0.3) is 0 Å². The third kappa shape index (κ3) is 4.81. The number of rotatable bonds is 6. The molecule has 3 rings (SSSR count). The molecular weight excluding hydrogens is 361 g/mol. The van der Waals surface area contributed by atoms with E-state index in [2.05, 4.69) is 16.7 Å². The van der Waals surface area contributed by atoms with Crippen LogP contribution in [-0.4, -0.2) is 67.2 Å². The molecule has 1 aliphatic heterocycles. The first-order valence-electron chi connectivity index (χ1n) is 9.51. The minimum absolute atomic E-state index is 0. The van der Waals surface area contributed by atoms with Crippen LogP contribution in [0.1, 0.15) is 39.5 Å². The number of hydrogen-bond donors (Lipinski definition) is 1. The number of hydrogen-bond acceptors (Lipinski definition) is 4. The van der Waals surface area contributed by atoms with Crippen molar-refractivity contribution in [1.82, 2.24) is 9.80 Å². The van der Waals surface area contributed by atoms with Crippen molar-refractivity contribution in [3.8, 4) is 0 Å². The van der Waals surface area contributed by atoms with Gasteiger partial charge in [0.25, 0.3) is 0 Å². The van der Waals surface area contributed by atoms with Crippen molar-refractivity contribution < 1.29 is 9.53 Å². The molecule has 2 N–H and O–H groups in total. The van der Waals surface area contributed by atoms with Crippen LogP contribution in [0, 0.1) is 17.8 Å². The first-order valence-corrected chi connectivity index (χ1v) is 9.51. The number of halogens is 2. The van der Waals surface area contributed by atoms with E-state index < -0.39 is 0 Å². The summed E-state index contributed by atoms with van der Waals surface area (Å²) in [4.78, 5) is 17.6. The average molecular weight is 396 g/mol. The molecule has 0 aromatic rings. The Hall–Kier alpha value is -0.0700. The summed E-state index contributed by atoms with van der Waals surface area (Å²) in [6, 6.07) is 0.570. The highest BCUT2D eigenvalue weighted by molar-refractivity contribution is 5.85. The molecule has 2 aliphatic carbocycles. The van der Waals surface area contributed by atoms with Gasteiger partial charge in [-0.3, -0.25) is 9.69 Å². The van der Waals surface area contributed by atoms with Crippen LogP contribution in [0.2, 0.25) is 0 Å². The van der Waals surface area contributed by atoms with Crippen LogP contribution >= 0.6 is 24.8 Å².